The van der Waals surface area contributed by atoms with Crippen LogP contribution in [0.15, 0.2) is 24.5 Å². The van der Waals surface area contributed by atoms with E-state index in [2.05, 4.69) is 6.58 Å². The van der Waals surface area contributed by atoms with Gasteiger partial charge in [0.2, 0.25) is 0 Å². The van der Waals surface area contributed by atoms with E-state index < -0.39 is 0 Å². The topological polar surface area (TPSA) is 23.1 Å². The molecule has 0 unspecified atom stereocenters. The fourth-order valence-electron chi connectivity index (χ4n) is 0.343. The Balaban J connectivity index is 0. The predicted molar refractivity (Wildman–Crippen MR) is 37.7 cm³/mol. The van der Waals surface area contributed by atoms with E-state index in [1.54, 1.807) is 0 Å². The monoisotopic (exact) mass is 132 g/mol. The molecule has 0 bridgehead atoms. The van der Waals surface area contributed by atoms with Gasteiger partial charge in [-0.15, -0.1) is 12.3 Å². The average molecular weight is 132 g/mol. The Bertz CT molecular complexity index is 131. The summed E-state index contributed by atoms with van der Waals surface area (Å²) in [5, 5.41) is 10.3. The van der Waals surface area contributed by atoms with Crippen molar-refractivity contribution in [3.8, 4) is 0 Å². The van der Waals surface area contributed by atoms with Crippen LogP contribution >= 0.6 is 0 Å². The van der Waals surface area contributed by atoms with Crippen LogP contribution in [0.4, 0.5) is 0 Å². The second-order valence-electron chi connectivity index (χ2n) is 3.17. The number of rotatable bonds is 1. The van der Waals surface area contributed by atoms with E-state index in [1.165, 1.54) is 6.08 Å². The molecule has 2 heteroatoms. The first-order valence-corrected chi connectivity index (χ1v) is 2.97. The Morgan fingerprint density at radius 3 is 1.90 bits per heavy atom. The molecule has 0 aromatic heterocycles. The van der Waals surface area contributed by atoms with Gasteiger partial charge < -0.3 is 5.11 Å². The Kier molecular flexibility index (Phi) is 5.84. The molecule has 0 heterocycles. The normalized spacial score (nSPS) is 11.1. The first kappa shape index (κ1) is 12.5. The van der Waals surface area contributed by atoms with Crippen LogP contribution in [0.25, 0.3) is 0 Å². The standard InChI is InChI=1S/C8H14O.Li/c1-7(9)5-6-8(2,3)4;/h5-6,9H,1H2,2-4H3;/q;+1/p-1/b6-5+;. The molecule has 0 N–H and O–H groups in total. The van der Waals surface area contributed by atoms with Crippen LogP contribution in [-0.4, -0.2) is 0 Å². The van der Waals surface area contributed by atoms with Gasteiger partial charge in [-0.05, 0) is 5.41 Å². The summed E-state index contributed by atoms with van der Waals surface area (Å²) in [4.78, 5) is 0. The van der Waals surface area contributed by atoms with Gasteiger partial charge in [0.25, 0.3) is 0 Å². The maximum Gasteiger partial charge on any atom is 1.00 e. The van der Waals surface area contributed by atoms with Crippen molar-refractivity contribution < 1.29 is 24.0 Å². The Labute approximate surface area is 75.0 Å². The van der Waals surface area contributed by atoms with Gasteiger partial charge in [-0.2, -0.15) is 0 Å². The second kappa shape index (κ2) is 4.66. The molecular weight excluding hydrogens is 119 g/mol. The van der Waals surface area contributed by atoms with Gasteiger partial charge in [-0.25, -0.2) is 0 Å². The summed E-state index contributed by atoms with van der Waals surface area (Å²) < 4.78 is 0. The van der Waals surface area contributed by atoms with Crippen LogP contribution in [0, 0.1) is 5.41 Å². The van der Waals surface area contributed by atoms with Gasteiger partial charge in [0, 0.05) is 0 Å². The molecule has 10 heavy (non-hydrogen) atoms. The van der Waals surface area contributed by atoms with Crippen molar-refractivity contribution in [3.63, 3.8) is 0 Å². The SMILES string of the molecule is C=C([O-])/C=C/C(C)(C)C.[Li+]. The summed E-state index contributed by atoms with van der Waals surface area (Å²) in [5.74, 6) is -0.134. The first-order chi connectivity index (χ1) is 3.92. The van der Waals surface area contributed by atoms with E-state index in [4.69, 9.17) is 0 Å². The minimum Gasteiger partial charge on any atom is -0.873 e. The van der Waals surface area contributed by atoms with Crippen LogP contribution in [-0.2, 0) is 0 Å². The zero-order valence-corrected chi connectivity index (χ0v) is 7.27. The molecule has 0 rings (SSSR count). The summed E-state index contributed by atoms with van der Waals surface area (Å²) in [6, 6.07) is 0. The molecule has 0 amide bonds. The van der Waals surface area contributed by atoms with Gasteiger partial charge in [0.15, 0.2) is 0 Å². The molecule has 0 spiro atoms. The number of allylic oxidation sites excluding steroid dienone is 2. The summed E-state index contributed by atoms with van der Waals surface area (Å²) in [6.45, 7) is 9.32. The fourth-order valence-corrected chi connectivity index (χ4v) is 0.343. The third kappa shape index (κ3) is 10.8. The van der Waals surface area contributed by atoms with E-state index in [1.807, 2.05) is 26.8 Å². The molecule has 52 valence electrons. The van der Waals surface area contributed by atoms with Crippen molar-refractivity contribution in [2.24, 2.45) is 5.41 Å². The molecule has 0 aromatic carbocycles. The summed E-state index contributed by atoms with van der Waals surface area (Å²) >= 11 is 0. The van der Waals surface area contributed by atoms with Gasteiger partial charge in [-0.1, -0.05) is 32.9 Å². The minimum absolute atomic E-state index is 0. The third-order valence-electron chi connectivity index (χ3n) is 0.769. The Morgan fingerprint density at radius 2 is 1.80 bits per heavy atom. The third-order valence-corrected chi connectivity index (χ3v) is 0.769. The predicted octanol–water partition coefficient (Wildman–Crippen LogP) is -1.53. The van der Waals surface area contributed by atoms with Gasteiger partial charge in [-0.3, -0.25) is 0 Å². The van der Waals surface area contributed by atoms with E-state index in [-0.39, 0.29) is 30.0 Å². The van der Waals surface area contributed by atoms with Crippen LogP contribution < -0.4 is 24.0 Å². The second-order valence-corrected chi connectivity index (χ2v) is 3.17. The van der Waals surface area contributed by atoms with Crippen LogP contribution in [0.1, 0.15) is 20.8 Å². The van der Waals surface area contributed by atoms with Crippen molar-refractivity contribution in [1.29, 1.82) is 0 Å². The molecule has 0 aliphatic carbocycles. The smallest absolute Gasteiger partial charge is 0.873 e. The van der Waals surface area contributed by atoms with Gasteiger partial charge in [0.05, 0.1) is 0 Å². The van der Waals surface area contributed by atoms with Crippen molar-refractivity contribution in [2.45, 2.75) is 20.8 Å². The van der Waals surface area contributed by atoms with E-state index in [9.17, 15) is 5.11 Å². The Morgan fingerprint density at radius 1 is 1.40 bits per heavy atom. The average Bonchev–Trinajstić information content (AvgIpc) is 1.59. The fraction of sp³-hybridized carbons (Fsp3) is 0.500. The van der Waals surface area contributed by atoms with Crippen LogP contribution in [0.2, 0.25) is 0 Å². The minimum atomic E-state index is -0.134. The number of hydrogen-bond donors (Lipinski definition) is 0. The van der Waals surface area contributed by atoms with Gasteiger partial charge in [0.1, 0.15) is 0 Å². The number of hydrogen-bond acceptors (Lipinski definition) is 1. The van der Waals surface area contributed by atoms with Crippen LogP contribution in [0.3, 0.4) is 0 Å². The Hall–Kier alpha value is -0.123. The maximum atomic E-state index is 10.3. The summed E-state index contributed by atoms with van der Waals surface area (Å²) in [7, 11) is 0. The molecule has 0 radical (unpaired) electrons. The molecule has 1 nitrogen and oxygen atoms in total. The van der Waals surface area contributed by atoms with Crippen molar-refractivity contribution in [1.82, 2.24) is 0 Å². The van der Waals surface area contributed by atoms with Crippen molar-refractivity contribution in [2.75, 3.05) is 0 Å². The molecule has 0 aliphatic rings. The summed E-state index contributed by atoms with van der Waals surface area (Å²) in [5.41, 5.74) is 0.0906. The van der Waals surface area contributed by atoms with Crippen molar-refractivity contribution >= 4 is 0 Å². The van der Waals surface area contributed by atoms with Crippen LogP contribution in [0.5, 0.6) is 0 Å². The zero-order chi connectivity index (χ0) is 7.49. The first-order valence-electron chi connectivity index (χ1n) is 2.97. The zero-order valence-electron chi connectivity index (χ0n) is 7.27. The molecule has 0 saturated heterocycles. The molecule has 0 aliphatic heterocycles. The quantitative estimate of drug-likeness (QED) is 0.241. The van der Waals surface area contributed by atoms with E-state index in [0.717, 1.165) is 0 Å². The van der Waals surface area contributed by atoms with Gasteiger partial charge >= 0.3 is 18.9 Å². The maximum absolute atomic E-state index is 10.3. The molecule has 0 atom stereocenters. The summed E-state index contributed by atoms with van der Waals surface area (Å²) in [6.07, 6.45) is 3.35. The molecule has 0 aromatic rings. The van der Waals surface area contributed by atoms with E-state index >= 15 is 0 Å². The molecule has 0 fully saturated rings. The van der Waals surface area contributed by atoms with Crippen molar-refractivity contribution in [3.05, 3.63) is 24.5 Å². The molecular formula is C8H13LiO. The largest absolute Gasteiger partial charge is 1.00 e. The molecule has 0 saturated carbocycles. The van der Waals surface area contributed by atoms with E-state index in [0.29, 0.717) is 0 Å².